The Balaban J connectivity index is 1.64. The van der Waals surface area contributed by atoms with E-state index in [2.05, 4.69) is 48.0 Å². The number of thiazole rings is 1. The maximum Gasteiger partial charge on any atom is 0.0935 e. The van der Waals surface area contributed by atoms with E-state index in [-0.39, 0.29) is 0 Å². The number of hydrogen-bond donors (Lipinski definition) is 1. The standard InChI is InChI=1S/C18H24N2S/c1-2-11-19-16-10-6-9-15(16)12-18-20-17(13-21-18)14-7-4-3-5-8-14/h3-5,7-8,13,15-16,19H,2,6,9-12H2,1H3. The summed E-state index contributed by atoms with van der Waals surface area (Å²) in [7, 11) is 0. The van der Waals surface area contributed by atoms with Crippen molar-refractivity contribution in [3.63, 3.8) is 0 Å². The summed E-state index contributed by atoms with van der Waals surface area (Å²) in [4.78, 5) is 4.85. The second-order valence-electron chi connectivity index (χ2n) is 5.95. The van der Waals surface area contributed by atoms with Gasteiger partial charge in [-0.3, -0.25) is 0 Å². The Labute approximate surface area is 131 Å². The van der Waals surface area contributed by atoms with E-state index >= 15 is 0 Å². The lowest BCUT2D eigenvalue weighted by atomic mass is 10.00. The minimum Gasteiger partial charge on any atom is -0.314 e. The van der Waals surface area contributed by atoms with Gasteiger partial charge in [-0.05, 0) is 31.7 Å². The van der Waals surface area contributed by atoms with E-state index < -0.39 is 0 Å². The third-order valence-corrected chi connectivity index (χ3v) is 5.24. The second kappa shape index (κ2) is 7.19. The molecule has 2 aromatic rings. The smallest absolute Gasteiger partial charge is 0.0935 e. The lowest BCUT2D eigenvalue weighted by Gasteiger charge is -2.19. The summed E-state index contributed by atoms with van der Waals surface area (Å²) in [6.45, 7) is 3.39. The highest BCUT2D eigenvalue weighted by atomic mass is 32.1. The Hall–Kier alpha value is -1.19. The van der Waals surface area contributed by atoms with Gasteiger partial charge in [0.2, 0.25) is 0 Å². The van der Waals surface area contributed by atoms with Crippen molar-refractivity contribution < 1.29 is 0 Å². The number of nitrogens with zero attached hydrogens (tertiary/aromatic N) is 1. The van der Waals surface area contributed by atoms with E-state index in [4.69, 9.17) is 4.98 Å². The molecule has 0 saturated heterocycles. The summed E-state index contributed by atoms with van der Waals surface area (Å²) in [5.74, 6) is 0.770. The monoisotopic (exact) mass is 300 g/mol. The predicted octanol–water partition coefficient (Wildman–Crippen LogP) is 4.52. The molecule has 1 heterocycles. The van der Waals surface area contributed by atoms with Crippen LogP contribution >= 0.6 is 11.3 Å². The lowest BCUT2D eigenvalue weighted by Crippen LogP contribution is -2.33. The molecule has 3 heteroatoms. The average Bonchev–Trinajstić information content (AvgIpc) is 3.16. The Morgan fingerprint density at radius 2 is 2.10 bits per heavy atom. The van der Waals surface area contributed by atoms with Crippen molar-refractivity contribution in [1.29, 1.82) is 0 Å². The zero-order chi connectivity index (χ0) is 14.5. The van der Waals surface area contributed by atoms with Crippen molar-refractivity contribution in [2.24, 2.45) is 5.92 Å². The summed E-state index contributed by atoms with van der Waals surface area (Å²) >= 11 is 1.82. The van der Waals surface area contributed by atoms with Crippen molar-refractivity contribution in [3.8, 4) is 11.3 Å². The molecule has 2 nitrogen and oxygen atoms in total. The summed E-state index contributed by atoms with van der Waals surface area (Å²) in [5, 5.41) is 7.21. The molecule has 1 fully saturated rings. The zero-order valence-corrected chi connectivity index (χ0v) is 13.5. The van der Waals surface area contributed by atoms with Crippen LogP contribution in [0.2, 0.25) is 0 Å². The molecule has 112 valence electrons. The second-order valence-corrected chi connectivity index (χ2v) is 6.89. The van der Waals surface area contributed by atoms with Crippen molar-refractivity contribution in [2.45, 2.75) is 45.1 Å². The van der Waals surface area contributed by atoms with Crippen LogP contribution in [0.1, 0.15) is 37.6 Å². The number of hydrogen-bond acceptors (Lipinski definition) is 3. The molecule has 0 spiro atoms. The highest BCUT2D eigenvalue weighted by Crippen LogP contribution is 2.31. The molecule has 0 amide bonds. The largest absolute Gasteiger partial charge is 0.314 e. The van der Waals surface area contributed by atoms with Gasteiger partial charge in [0.05, 0.1) is 10.7 Å². The van der Waals surface area contributed by atoms with Crippen molar-refractivity contribution in [1.82, 2.24) is 10.3 Å². The molecule has 0 aliphatic heterocycles. The fraction of sp³-hybridized carbons (Fsp3) is 0.500. The van der Waals surface area contributed by atoms with E-state index in [1.807, 2.05) is 11.3 Å². The first-order valence-corrected chi connectivity index (χ1v) is 8.98. The summed E-state index contributed by atoms with van der Waals surface area (Å²) in [6.07, 6.45) is 6.41. The topological polar surface area (TPSA) is 24.9 Å². The van der Waals surface area contributed by atoms with Crippen LogP contribution in [0.3, 0.4) is 0 Å². The van der Waals surface area contributed by atoms with Gasteiger partial charge in [0.25, 0.3) is 0 Å². The molecule has 0 radical (unpaired) electrons. The normalized spacial score (nSPS) is 21.8. The van der Waals surface area contributed by atoms with Crippen LogP contribution < -0.4 is 5.32 Å². The highest BCUT2D eigenvalue weighted by Gasteiger charge is 2.27. The fourth-order valence-electron chi connectivity index (χ4n) is 3.25. The van der Waals surface area contributed by atoms with Gasteiger partial charge in [-0.2, -0.15) is 0 Å². The molecule has 3 rings (SSSR count). The van der Waals surface area contributed by atoms with Gasteiger partial charge in [0.1, 0.15) is 0 Å². The molecule has 21 heavy (non-hydrogen) atoms. The first kappa shape index (κ1) is 14.7. The van der Waals surface area contributed by atoms with Crippen molar-refractivity contribution >= 4 is 11.3 Å². The van der Waals surface area contributed by atoms with Gasteiger partial charge >= 0.3 is 0 Å². The fourth-order valence-corrected chi connectivity index (χ4v) is 4.15. The van der Waals surface area contributed by atoms with Gasteiger partial charge in [-0.1, -0.05) is 43.7 Å². The van der Waals surface area contributed by atoms with E-state index in [1.165, 1.54) is 36.3 Å². The van der Waals surface area contributed by atoms with Crippen LogP contribution in [0, 0.1) is 5.92 Å². The Morgan fingerprint density at radius 1 is 1.24 bits per heavy atom. The molecule has 1 aliphatic rings. The van der Waals surface area contributed by atoms with Gasteiger partial charge in [-0.15, -0.1) is 11.3 Å². The first-order valence-electron chi connectivity index (χ1n) is 8.10. The molecular weight excluding hydrogens is 276 g/mol. The zero-order valence-electron chi connectivity index (χ0n) is 12.7. The van der Waals surface area contributed by atoms with E-state index in [1.54, 1.807) is 0 Å². The summed E-state index contributed by atoms with van der Waals surface area (Å²) in [6, 6.07) is 11.2. The maximum absolute atomic E-state index is 4.85. The Bertz CT molecular complexity index is 549. The number of rotatable bonds is 6. The predicted molar refractivity (Wildman–Crippen MR) is 90.7 cm³/mol. The highest BCUT2D eigenvalue weighted by molar-refractivity contribution is 7.09. The molecule has 1 N–H and O–H groups in total. The molecule has 1 aromatic heterocycles. The van der Waals surface area contributed by atoms with E-state index in [0.717, 1.165) is 24.6 Å². The van der Waals surface area contributed by atoms with Crippen LogP contribution in [0.15, 0.2) is 35.7 Å². The van der Waals surface area contributed by atoms with Crippen LogP contribution in [0.25, 0.3) is 11.3 Å². The SMILES string of the molecule is CCCNC1CCCC1Cc1nc(-c2ccccc2)cs1. The minimum absolute atomic E-state index is 0.703. The third-order valence-electron chi connectivity index (χ3n) is 4.37. The van der Waals surface area contributed by atoms with Crippen LogP contribution in [-0.4, -0.2) is 17.6 Å². The average molecular weight is 300 g/mol. The van der Waals surface area contributed by atoms with Gasteiger partial charge in [0, 0.05) is 23.4 Å². The van der Waals surface area contributed by atoms with Crippen LogP contribution in [0.4, 0.5) is 0 Å². The van der Waals surface area contributed by atoms with Crippen LogP contribution in [0.5, 0.6) is 0 Å². The Morgan fingerprint density at radius 3 is 2.90 bits per heavy atom. The molecule has 0 bridgehead atoms. The number of aromatic nitrogens is 1. The van der Waals surface area contributed by atoms with Gasteiger partial charge < -0.3 is 5.32 Å². The van der Waals surface area contributed by atoms with Crippen molar-refractivity contribution in [3.05, 3.63) is 40.7 Å². The minimum atomic E-state index is 0.703. The molecule has 1 aromatic carbocycles. The first-order chi connectivity index (χ1) is 10.4. The molecule has 1 aliphatic carbocycles. The van der Waals surface area contributed by atoms with E-state index in [0.29, 0.717) is 6.04 Å². The van der Waals surface area contributed by atoms with Gasteiger partial charge in [-0.25, -0.2) is 4.98 Å². The maximum atomic E-state index is 4.85. The number of benzene rings is 1. The summed E-state index contributed by atoms with van der Waals surface area (Å²) < 4.78 is 0. The molecule has 2 atom stereocenters. The molecule has 2 unspecified atom stereocenters. The molecular formula is C18H24N2S. The van der Waals surface area contributed by atoms with E-state index in [9.17, 15) is 0 Å². The summed E-state index contributed by atoms with van der Waals surface area (Å²) in [5.41, 5.74) is 2.36. The lowest BCUT2D eigenvalue weighted by molar-refractivity contribution is 0.398. The van der Waals surface area contributed by atoms with Crippen LogP contribution in [-0.2, 0) is 6.42 Å². The quantitative estimate of drug-likeness (QED) is 0.848. The molecule has 1 saturated carbocycles. The van der Waals surface area contributed by atoms with Crippen molar-refractivity contribution in [2.75, 3.05) is 6.54 Å². The number of nitrogens with one attached hydrogen (secondary N) is 1. The van der Waals surface area contributed by atoms with Gasteiger partial charge in [0.15, 0.2) is 0 Å². The third kappa shape index (κ3) is 3.72. The Kier molecular flexibility index (Phi) is 5.04.